The summed E-state index contributed by atoms with van der Waals surface area (Å²) in [5, 5.41) is 3.01. The smallest absolute Gasteiger partial charge is 0.252 e. The summed E-state index contributed by atoms with van der Waals surface area (Å²) in [5.74, 6) is 0.839. The van der Waals surface area contributed by atoms with Gasteiger partial charge in [0.15, 0.2) is 11.8 Å². The summed E-state index contributed by atoms with van der Waals surface area (Å²) in [6.45, 7) is 0.539. The van der Waals surface area contributed by atoms with Crippen molar-refractivity contribution in [2.24, 2.45) is 0 Å². The van der Waals surface area contributed by atoms with Crippen molar-refractivity contribution in [2.45, 2.75) is 10.9 Å². The average Bonchev–Trinajstić information content (AvgIpc) is 3.01. The third-order valence-corrected chi connectivity index (χ3v) is 4.20. The summed E-state index contributed by atoms with van der Waals surface area (Å²) in [4.78, 5) is 14.6. The molecule has 2 rings (SSSR count). The highest BCUT2D eigenvalue weighted by Gasteiger charge is 2.22. The minimum Gasteiger partial charge on any atom is -0.463 e. The molecule has 4 nitrogen and oxygen atoms in total. The molecule has 0 aliphatic carbocycles. The largest absolute Gasteiger partial charge is 0.463 e. The first-order valence-electron chi connectivity index (χ1n) is 6.88. The SMILES string of the molecule is CSc1ccccc1C(=O)NC[C@H](c1ccco1)[NH+](C)C. The maximum absolute atomic E-state index is 12.4. The standard InChI is InChI=1S/C16H20N2O2S/c1-18(2)13(14-8-6-10-20-14)11-17-16(19)12-7-4-5-9-15(12)21-3/h4-10,13H,11H2,1-3H3,(H,17,19)/p+1/t13-/m1/s1. The predicted octanol–water partition coefficient (Wildman–Crippen LogP) is 1.62. The highest BCUT2D eigenvalue weighted by molar-refractivity contribution is 7.98. The van der Waals surface area contributed by atoms with E-state index in [4.69, 9.17) is 4.42 Å². The quantitative estimate of drug-likeness (QED) is 0.797. The number of rotatable bonds is 6. The summed E-state index contributed by atoms with van der Waals surface area (Å²) >= 11 is 1.58. The minimum atomic E-state index is -0.0437. The van der Waals surface area contributed by atoms with Crippen LogP contribution in [0.2, 0.25) is 0 Å². The van der Waals surface area contributed by atoms with Crippen molar-refractivity contribution in [2.75, 3.05) is 26.9 Å². The summed E-state index contributed by atoms with van der Waals surface area (Å²) in [6, 6.07) is 11.6. The molecule has 2 aromatic rings. The molecule has 1 atom stereocenters. The van der Waals surface area contributed by atoms with Crippen molar-refractivity contribution in [3.05, 3.63) is 54.0 Å². The zero-order valence-electron chi connectivity index (χ0n) is 12.6. The summed E-state index contributed by atoms with van der Waals surface area (Å²) in [6.07, 6.45) is 3.64. The molecule has 1 amide bonds. The van der Waals surface area contributed by atoms with Gasteiger partial charge in [0.1, 0.15) is 0 Å². The molecule has 2 N–H and O–H groups in total. The van der Waals surface area contributed by atoms with E-state index < -0.39 is 0 Å². The number of carbonyl (C=O) groups excluding carboxylic acids is 1. The molecule has 0 aliphatic heterocycles. The van der Waals surface area contributed by atoms with Crippen LogP contribution in [0.3, 0.4) is 0 Å². The molecule has 1 aromatic heterocycles. The Morgan fingerprint density at radius 3 is 2.67 bits per heavy atom. The topological polar surface area (TPSA) is 46.7 Å². The third kappa shape index (κ3) is 3.89. The van der Waals surface area contributed by atoms with E-state index >= 15 is 0 Å². The van der Waals surface area contributed by atoms with E-state index in [1.54, 1.807) is 18.0 Å². The van der Waals surface area contributed by atoms with E-state index in [2.05, 4.69) is 19.4 Å². The Hall–Kier alpha value is -1.72. The highest BCUT2D eigenvalue weighted by Crippen LogP contribution is 2.19. The first-order chi connectivity index (χ1) is 10.1. The monoisotopic (exact) mass is 305 g/mol. The van der Waals surface area contributed by atoms with Gasteiger partial charge >= 0.3 is 0 Å². The van der Waals surface area contributed by atoms with E-state index in [9.17, 15) is 4.79 Å². The molecule has 1 heterocycles. The Labute approximate surface area is 129 Å². The lowest BCUT2D eigenvalue weighted by Gasteiger charge is -2.20. The number of hydrogen-bond donors (Lipinski definition) is 2. The van der Waals surface area contributed by atoms with E-state index in [1.807, 2.05) is 42.7 Å². The Morgan fingerprint density at radius 2 is 2.05 bits per heavy atom. The second-order valence-corrected chi connectivity index (χ2v) is 5.90. The zero-order valence-corrected chi connectivity index (χ0v) is 13.4. The van der Waals surface area contributed by atoms with Crippen LogP contribution in [0.4, 0.5) is 0 Å². The fourth-order valence-electron chi connectivity index (χ4n) is 2.20. The van der Waals surface area contributed by atoms with Crippen molar-refractivity contribution >= 4 is 17.7 Å². The van der Waals surface area contributed by atoms with Crippen LogP contribution in [0.5, 0.6) is 0 Å². The molecule has 0 saturated heterocycles. The number of carbonyl (C=O) groups is 1. The molecule has 112 valence electrons. The first kappa shape index (κ1) is 15.7. The van der Waals surface area contributed by atoms with Crippen molar-refractivity contribution in [1.29, 1.82) is 0 Å². The molecule has 0 saturated carbocycles. The normalized spacial score (nSPS) is 12.4. The Morgan fingerprint density at radius 1 is 1.29 bits per heavy atom. The van der Waals surface area contributed by atoms with Gasteiger partial charge in [0.2, 0.25) is 0 Å². The first-order valence-corrected chi connectivity index (χ1v) is 8.10. The molecule has 21 heavy (non-hydrogen) atoms. The van der Waals surface area contributed by atoms with Crippen molar-refractivity contribution < 1.29 is 14.1 Å². The highest BCUT2D eigenvalue weighted by atomic mass is 32.2. The molecule has 1 aromatic carbocycles. The maximum atomic E-state index is 12.4. The Balaban J connectivity index is 2.06. The van der Waals surface area contributed by atoms with Gasteiger partial charge in [-0.1, -0.05) is 12.1 Å². The van der Waals surface area contributed by atoms with Gasteiger partial charge in [-0.05, 0) is 30.5 Å². The number of hydrogen-bond acceptors (Lipinski definition) is 3. The van der Waals surface area contributed by atoms with E-state index in [1.165, 1.54) is 4.90 Å². The number of furan rings is 1. The van der Waals surface area contributed by atoms with Gasteiger partial charge in [0, 0.05) is 4.90 Å². The maximum Gasteiger partial charge on any atom is 0.252 e. The number of quaternary nitrogens is 1. The molecular weight excluding hydrogens is 284 g/mol. The Kier molecular flexibility index (Phi) is 5.47. The van der Waals surface area contributed by atoms with E-state index in [-0.39, 0.29) is 11.9 Å². The van der Waals surface area contributed by atoms with Crippen molar-refractivity contribution in [1.82, 2.24) is 5.32 Å². The molecule has 0 unspecified atom stereocenters. The van der Waals surface area contributed by atoms with Crippen LogP contribution in [0.15, 0.2) is 52.0 Å². The van der Waals surface area contributed by atoms with Crippen LogP contribution < -0.4 is 10.2 Å². The van der Waals surface area contributed by atoms with Crippen LogP contribution in [0.1, 0.15) is 22.2 Å². The molecule has 0 radical (unpaired) electrons. The lowest BCUT2D eigenvalue weighted by atomic mass is 10.1. The number of benzene rings is 1. The van der Waals surface area contributed by atoms with Gasteiger partial charge in [-0.3, -0.25) is 4.79 Å². The summed E-state index contributed by atoms with van der Waals surface area (Å²) in [7, 11) is 4.10. The molecule has 0 fully saturated rings. The van der Waals surface area contributed by atoms with Crippen molar-refractivity contribution in [3.63, 3.8) is 0 Å². The number of nitrogens with one attached hydrogen (secondary N) is 2. The average molecular weight is 305 g/mol. The number of thioether (sulfide) groups is 1. The van der Waals surface area contributed by atoms with Gasteiger partial charge in [-0.2, -0.15) is 0 Å². The zero-order chi connectivity index (χ0) is 15.2. The summed E-state index contributed by atoms with van der Waals surface area (Å²) in [5.41, 5.74) is 0.719. The van der Waals surface area contributed by atoms with E-state index in [0.29, 0.717) is 6.54 Å². The van der Waals surface area contributed by atoms with Gasteiger partial charge < -0.3 is 14.6 Å². The molecule has 5 heteroatoms. The lowest BCUT2D eigenvalue weighted by Crippen LogP contribution is -3.07. The van der Waals surface area contributed by atoms with Crippen LogP contribution in [-0.2, 0) is 0 Å². The van der Waals surface area contributed by atoms with Gasteiger partial charge in [-0.15, -0.1) is 11.8 Å². The number of likely N-dealkylation sites (N-methyl/N-ethyl adjacent to an activating group) is 1. The van der Waals surface area contributed by atoms with Gasteiger partial charge in [0.05, 0.1) is 32.5 Å². The van der Waals surface area contributed by atoms with Crippen LogP contribution >= 0.6 is 11.8 Å². The molecule has 0 spiro atoms. The second kappa shape index (κ2) is 7.33. The second-order valence-electron chi connectivity index (χ2n) is 5.06. The summed E-state index contributed by atoms with van der Waals surface area (Å²) < 4.78 is 5.46. The fraction of sp³-hybridized carbons (Fsp3) is 0.312. The predicted molar refractivity (Wildman–Crippen MR) is 84.8 cm³/mol. The van der Waals surface area contributed by atoms with Gasteiger partial charge in [0.25, 0.3) is 5.91 Å². The molecule has 0 bridgehead atoms. The molecule has 0 aliphatic rings. The molecular formula is C16H21N2O2S+. The van der Waals surface area contributed by atoms with E-state index in [0.717, 1.165) is 16.2 Å². The fourth-order valence-corrected chi connectivity index (χ4v) is 2.80. The number of amides is 1. The minimum absolute atomic E-state index is 0.0437. The van der Waals surface area contributed by atoms with Crippen LogP contribution in [0, 0.1) is 0 Å². The Bertz CT molecular complexity index is 582. The van der Waals surface area contributed by atoms with Crippen LogP contribution in [-0.4, -0.2) is 32.8 Å². The van der Waals surface area contributed by atoms with Crippen LogP contribution in [0.25, 0.3) is 0 Å². The third-order valence-electron chi connectivity index (χ3n) is 3.40. The lowest BCUT2D eigenvalue weighted by molar-refractivity contribution is -0.891. The van der Waals surface area contributed by atoms with Crippen molar-refractivity contribution in [3.8, 4) is 0 Å². The van der Waals surface area contributed by atoms with Gasteiger partial charge in [-0.25, -0.2) is 0 Å².